The van der Waals surface area contributed by atoms with Gasteiger partial charge in [0.2, 0.25) is 0 Å². The van der Waals surface area contributed by atoms with Crippen LogP contribution in [0.3, 0.4) is 0 Å². The van der Waals surface area contributed by atoms with Crippen molar-refractivity contribution in [1.29, 1.82) is 0 Å². The summed E-state index contributed by atoms with van der Waals surface area (Å²) in [6.45, 7) is 4.83. The Balaban J connectivity index is 2.08. The van der Waals surface area contributed by atoms with Crippen molar-refractivity contribution in [3.8, 4) is 0 Å². The van der Waals surface area contributed by atoms with E-state index in [1.54, 1.807) is 0 Å². The van der Waals surface area contributed by atoms with E-state index in [0.717, 1.165) is 5.92 Å². The quantitative estimate of drug-likeness (QED) is 0.522. The monoisotopic (exact) mass is 151 g/mol. The Bertz CT molecular complexity index is 166. The van der Waals surface area contributed by atoms with Crippen LogP contribution in [0.5, 0.6) is 0 Å². The van der Waals surface area contributed by atoms with E-state index in [1.165, 1.54) is 32.4 Å². The second-order valence-electron chi connectivity index (χ2n) is 4.03. The summed E-state index contributed by atoms with van der Waals surface area (Å²) in [6, 6.07) is 0. The molecular formula is C10H17N. The molecule has 0 aromatic heterocycles. The van der Waals surface area contributed by atoms with Crippen LogP contribution in [-0.4, -0.2) is 13.1 Å². The second kappa shape index (κ2) is 2.63. The minimum atomic E-state index is 0.658. The highest BCUT2D eigenvalue weighted by Gasteiger charge is 2.37. The van der Waals surface area contributed by atoms with Gasteiger partial charge in [0.05, 0.1) is 0 Å². The number of hydrogen-bond donors (Lipinski definition) is 1. The predicted molar refractivity (Wildman–Crippen MR) is 47.5 cm³/mol. The van der Waals surface area contributed by atoms with Crippen LogP contribution in [0.1, 0.15) is 26.2 Å². The van der Waals surface area contributed by atoms with Crippen molar-refractivity contribution in [3.05, 3.63) is 12.2 Å². The van der Waals surface area contributed by atoms with E-state index in [4.69, 9.17) is 0 Å². The van der Waals surface area contributed by atoms with Gasteiger partial charge in [0.1, 0.15) is 0 Å². The molecular weight excluding hydrogens is 134 g/mol. The summed E-state index contributed by atoms with van der Waals surface area (Å²) in [4.78, 5) is 0. The number of rotatable bonds is 0. The molecule has 1 aliphatic heterocycles. The molecule has 11 heavy (non-hydrogen) atoms. The van der Waals surface area contributed by atoms with Crippen LogP contribution < -0.4 is 5.32 Å². The Morgan fingerprint density at radius 2 is 2.09 bits per heavy atom. The molecule has 0 aromatic rings. The van der Waals surface area contributed by atoms with E-state index >= 15 is 0 Å². The zero-order valence-corrected chi connectivity index (χ0v) is 7.27. The second-order valence-corrected chi connectivity index (χ2v) is 4.03. The Kier molecular flexibility index (Phi) is 1.76. The van der Waals surface area contributed by atoms with Crippen molar-refractivity contribution in [2.24, 2.45) is 11.3 Å². The largest absolute Gasteiger partial charge is 0.317 e. The summed E-state index contributed by atoms with van der Waals surface area (Å²) >= 11 is 0. The topological polar surface area (TPSA) is 12.0 Å². The minimum absolute atomic E-state index is 0.658. The lowest BCUT2D eigenvalue weighted by molar-refractivity contribution is 0.163. The van der Waals surface area contributed by atoms with Crippen molar-refractivity contribution in [1.82, 2.24) is 5.32 Å². The molecule has 0 radical (unpaired) electrons. The minimum Gasteiger partial charge on any atom is -0.317 e. The van der Waals surface area contributed by atoms with Gasteiger partial charge in [0.15, 0.2) is 0 Å². The standard InChI is InChI=1S/C10H17N/c1-9-3-2-4-10(9)5-7-11-8-6-10/h2-3,9,11H,4-8H2,1H3. The Labute approximate surface area is 68.9 Å². The Morgan fingerprint density at radius 3 is 2.64 bits per heavy atom. The molecule has 1 unspecified atom stereocenters. The fourth-order valence-corrected chi connectivity index (χ4v) is 2.48. The number of hydrogen-bond acceptors (Lipinski definition) is 1. The zero-order valence-electron chi connectivity index (χ0n) is 7.27. The van der Waals surface area contributed by atoms with Crippen molar-refractivity contribution in [2.45, 2.75) is 26.2 Å². The molecule has 1 aliphatic carbocycles. The molecule has 1 heteroatoms. The van der Waals surface area contributed by atoms with Gasteiger partial charge in [-0.2, -0.15) is 0 Å². The summed E-state index contributed by atoms with van der Waals surface area (Å²) in [5.41, 5.74) is 0.658. The Hall–Kier alpha value is -0.300. The first-order chi connectivity index (χ1) is 5.33. The first kappa shape index (κ1) is 7.35. The summed E-state index contributed by atoms with van der Waals surface area (Å²) < 4.78 is 0. The summed E-state index contributed by atoms with van der Waals surface area (Å²) in [5.74, 6) is 0.824. The van der Waals surface area contributed by atoms with Gasteiger partial charge in [0.25, 0.3) is 0 Å². The first-order valence-corrected chi connectivity index (χ1v) is 4.71. The van der Waals surface area contributed by atoms with Crippen molar-refractivity contribution >= 4 is 0 Å². The molecule has 0 bridgehead atoms. The van der Waals surface area contributed by atoms with E-state index in [0.29, 0.717) is 5.41 Å². The van der Waals surface area contributed by atoms with Crippen molar-refractivity contribution in [2.75, 3.05) is 13.1 Å². The van der Waals surface area contributed by atoms with E-state index in [1.807, 2.05) is 0 Å². The highest BCUT2D eigenvalue weighted by atomic mass is 14.9. The van der Waals surface area contributed by atoms with Crippen LogP contribution in [0, 0.1) is 11.3 Å². The van der Waals surface area contributed by atoms with Gasteiger partial charge in [0, 0.05) is 0 Å². The SMILES string of the molecule is CC1C=CCC12CCNCC2. The maximum Gasteiger partial charge on any atom is -0.00433 e. The van der Waals surface area contributed by atoms with Crippen LogP contribution in [-0.2, 0) is 0 Å². The van der Waals surface area contributed by atoms with Crippen LogP contribution >= 0.6 is 0 Å². The van der Waals surface area contributed by atoms with Gasteiger partial charge in [-0.1, -0.05) is 19.1 Å². The lowest BCUT2D eigenvalue weighted by Gasteiger charge is -2.37. The molecule has 1 atom stereocenters. The van der Waals surface area contributed by atoms with Gasteiger partial charge in [-0.15, -0.1) is 0 Å². The maximum absolute atomic E-state index is 3.43. The smallest absolute Gasteiger partial charge is 0.00433 e. The summed E-state index contributed by atoms with van der Waals surface area (Å²) in [6.07, 6.45) is 8.85. The summed E-state index contributed by atoms with van der Waals surface area (Å²) in [5, 5.41) is 3.43. The van der Waals surface area contributed by atoms with Gasteiger partial charge in [-0.05, 0) is 43.7 Å². The lowest BCUT2D eigenvalue weighted by Crippen LogP contribution is -2.38. The molecule has 0 amide bonds. The molecule has 2 rings (SSSR count). The van der Waals surface area contributed by atoms with Gasteiger partial charge >= 0.3 is 0 Å². The molecule has 0 saturated carbocycles. The Morgan fingerprint density at radius 1 is 1.36 bits per heavy atom. The number of piperidine rings is 1. The number of nitrogens with one attached hydrogen (secondary N) is 1. The van der Waals surface area contributed by atoms with Crippen molar-refractivity contribution < 1.29 is 0 Å². The summed E-state index contributed by atoms with van der Waals surface area (Å²) in [7, 11) is 0. The van der Waals surface area contributed by atoms with E-state index < -0.39 is 0 Å². The third kappa shape index (κ3) is 1.12. The fraction of sp³-hybridized carbons (Fsp3) is 0.800. The normalized spacial score (nSPS) is 34.8. The average Bonchev–Trinajstić information content (AvgIpc) is 2.36. The molecule has 1 N–H and O–H groups in total. The van der Waals surface area contributed by atoms with Crippen LogP contribution in [0.15, 0.2) is 12.2 Å². The van der Waals surface area contributed by atoms with Gasteiger partial charge < -0.3 is 5.32 Å². The molecule has 2 aliphatic rings. The van der Waals surface area contributed by atoms with E-state index in [-0.39, 0.29) is 0 Å². The molecule has 1 spiro atoms. The molecule has 1 fully saturated rings. The van der Waals surface area contributed by atoms with E-state index in [9.17, 15) is 0 Å². The molecule has 1 nitrogen and oxygen atoms in total. The van der Waals surface area contributed by atoms with Gasteiger partial charge in [-0.3, -0.25) is 0 Å². The van der Waals surface area contributed by atoms with Crippen LogP contribution in [0.4, 0.5) is 0 Å². The highest BCUT2D eigenvalue weighted by Crippen LogP contribution is 2.45. The number of allylic oxidation sites excluding steroid dienone is 2. The average molecular weight is 151 g/mol. The lowest BCUT2D eigenvalue weighted by atomic mass is 9.71. The van der Waals surface area contributed by atoms with Crippen LogP contribution in [0.2, 0.25) is 0 Å². The maximum atomic E-state index is 3.43. The molecule has 62 valence electrons. The highest BCUT2D eigenvalue weighted by molar-refractivity contribution is 5.08. The molecule has 1 heterocycles. The van der Waals surface area contributed by atoms with Crippen LogP contribution in [0.25, 0.3) is 0 Å². The fourth-order valence-electron chi connectivity index (χ4n) is 2.48. The third-order valence-corrected chi connectivity index (χ3v) is 3.51. The third-order valence-electron chi connectivity index (χ3n) is 3.51. The predicted octanol–water partition coefficient (Wildman–Crippen LogP) is 1.95. The molecule has 0 aromatic carbocycles. The van der Waals surface area contributed by atoms with Crippen molar-refractivity contribution in [3.63, 3.8) is 0 Å². The van der Waals surface area contributed by atoms with E-state index in [2.05, 4.69) is 24.4 Å². The zero-order chi connectivity index (χ0) is 7.73. The first-order valence-electron chi connectivity index (χ1n) is 4.71. The van der Waals surface area contributed by atoms with Gasteiger partial charge in [-0.25, -0.2) is 0 Å². The molecule has 1 saturated heterocycles.